The first-order valence-electron chi connectivity index (χ1n) is 7.35. The highest BCUT2D eigenvalue weighted by molar-refractivity contribution is 5.94. The number of ketones is 1. The largest absolute Gasteiger partial charge is 0.459 e. The minimum atomic E-state index is 0.0488. The molecule has 0 saturated heterocycles. The molecule has 0 saturated carbocycles. The molecule has 0 bridgehead atoms. The predicted octanol–water partition coefficient (Wildman–Crippen LogP) is 4.61. The van der Waals surface area contributed by atoms with Gasteiger partial charge >= 0.3 is 0 Å². The van der Waals surface area contributed by atoms with Gasteiger partial charge in [0.1, 0.15) is 11.8 Å². The van der Waals surface area contributed by atoms with E-state index < -0.39 is 0 Å². The van der Waals surface area contributed by atoms with E-state index >= 15 is 0 Å². The number of Topliss-reactive ketones (excluding diaryl/α,β-unsaturated/α-hetero) is 1. The lowest BCUT2D eigenvalue weighted by Crippen LogP contribution is -1.92. The van der Waals surface area contributed by atoms with Crippen molar-refractivity contribution in [3.63, 3.8) is 0 Å². The zero-order chi connectivity index (χ0) is 16.2. The first-order valence-corrected chi connectivity index (χ1v) is 7.35. The van der Waals surface area contributed by atoms with Gasteiger partial charge in [0.25, 0.3) is 0 Å². The summed E-state index contributed by atoms with van der Waals surface area (Å²) in [4.78, 5) is 11.3. The molecular weight excluding hydrogens is 286 g/mol. The molecule has 3 aromatic rings. The quantitative estimate of drug-likeness (QED) is 0.661. The molecule has 0 aliphatic rings. The van der Waals surface area contributed by atoms with Crippen LogP contribution >= 0.6 is 0 Å². The minimum Gasteiger partial charge on any atom is -0.459 e. The predicted molar refractivity (Wildman–Crippen MR) is 88.1 cm³/mol. The Morgan fingerprint density at radius 2 is 1.78 bits per heavy atom. The minimum absolute atomic E-state index is 0.0488. The van der Waals surface area contributed by atoms with E-state index in [0.717, 1.165) is 16.9 Å². The molecule has 3 rings (SSSR count). The van der Waals surface area contributed by atoms with Crippen molar-refractivity contribution in [1.82, 2.24) is 0 Å². The molecule has 0 atom stereocenters. The van der Waals surface area contributed by atoms with Crippen molar-refractivity contribution >= 4 is 5.78 Å². The van der Waals surface area contributed by atoms with Crippen LogP contribution in [0, 0.1) is 11.3 Å². The highest BCUT2D eigenvalue weighted by Crippen LogP contribution is 2.28. The molecule has 0 amide bonds. The SMILES string of the molecule is CC(=O)c1ccc(Cc2cc(C#N)c(-c3ccccc3)o2)cc1. The summed E-state index contributed by atoms with van der Waals surface area (Å²) < 4.78 is 5.88. The lowest BCUT2D eigenvalue weighted by Gasteiger charge is -2.01. The Hall–Kier alpha value is -3.12. The maximum atomic E-state index is 11.3. The first kappa shape index (κ1) is 14.8. The van der Waals surface area contributed by atoms with E-state index in [1.54, 1.807) is 13.0 Å². The number of hydrogen-bond donors (Lipinski definition) is 0. The number of carbonyl (C=O) groups excluding carboxylic acids is 1. The van der Waals surface area contributed by atoms with Crippen LogP contribution in [0.15, 0.2) is 65.1 Å². The van der Waals surface area contributed by atoms with Gasteiger partial charge in [0.2, 0.25) is 0 Å². The molecule has 0 N–H and O–H groups in total. The molecule has 0 aliphatic carbocycles. The molecule has 23 heavy (non-hydrogen) atoms. The monoisotopic (exact) mass is 301 g/mol. The van der Waals surface area contributed by atoms with Crippen molar-refractivity contribution in [3.8, 4) is 17.4 Å². The summed E-state index contributed by atoms with van der Waals surface area (Å²) in [7, 11) is 0. The molecule has 112 valence electrons. The van der Waals surface area contributed by atoms with Crippen LogP contribution in [0.5, 0.6) is 0 Å². The third-order valence-electron chi connectivity index (χ3n) is 3.68. The van der Waals surface area contributed by atoms with Crippen LogP contribution in [0.2, 0.25) is 0 Å². The van der Waals surface area contributed by atoms with Crippen molar-refractivity contribution in [2.24, 2.45) is 0 Å². The number of benzene rings is 2. The number of nitrogens with zero attached hydrogens (tertiary/aromatic N) is 1. The third-order valence-corrected chi connectivity index (χ3v) is 3.68. The fourth-order valence-electron chi connectivity index (χ4n) is 2.47. The number of nitriles is 1. The number of carbonyl (C=O) groups is 1. The molecule has 0 radical (unpaired) electrons. The second-order valence-corrected chi connectivity index (χ2v) is 5.36. The van der Waals surface area contributed by atoms with Gasteiger partial charge in [-0.1, -0.05) is 54.6 Å². The molecule has 2 aromatic carbocycles. The van der Waals surface area contributed by atoms with Crippen LogP contribution in [0.4, 0.5) is 0 Å². The summed E-state index contributed by atoms with van der Waals surface area (Å²) >= 11 is 0. The Kier molecular flexibility index (Phi) is 4.07. The second-order valence-electron chi connectivity index (χ2n) is 5.36. The van der Waals surface area contributed by atoms with Gasteiger partial charge in [-0.25, -0.2) is 0 Å². The van der Waals surface area contributed by atoms with E-state index in [9.17, 15) is 10.1 Å². The fraction of sp³-hybridized carbons (Fsp3) is 0.100. The normalized spacial score (nSPS) is 10.3. The third kappa shape index (κ3) is 3.22. The van der Waals surface area contributed by atoms with Crippen LogP contribution in [-0.2, 0) is 6.42 Å². The van der Waals surface area contributed by atoms with Gasteiger partial charge in [-0.15, -0.1) is 0 Å². The van der Waals surface area contributed by atoms with Crippen LogP contribution in [0.25, 0.3) is 11.3 Å². The maximum Gasteiger partial charge on any atom is 0.159 e. The molecule has 0 fully saturated rings. The Bertz CT molecular complexity index is 868. The molecule has 0 spiro atoms. The van der Waals surface area contributed by atoms with Crippen molar-refractivity contribution in [2.75, 3.05) is 0 Å². The van der Waals surface area contributed by atoms with E-state index in [1.165, 1.54) is 0 Å². The van der Waals surface area contributed by atoms with Gasteiger partial charge in [-0.05, 0) is 18.6 Å². The average Bonchev–Trinajstić information content (AvgIpc) is 2.99. The van der Waals surface area contributed by atoms with Crippen LogP contribution in [0.1, 0.15) is 34.2 Å². The standard InChI is InChI=1S/C20H15NO2/c1-14(22)16-9-7-15(8-10-16)11-19-12-18(13-21)20(23-19)17-5-3-2-4-6-17/h2-10,12H,11H2,1H3. The number of hydrogen-bond acceptors (Lipinski definition) is 3. The van der Waals surface area contributed by atoms with E-state index in [0.29, 0.717) is 23.3 Å². The van der Waals surface area contributed by atoms with Gasteiger partial charge in [0.15, 0.2) is 11.5 Å². The average molecular weight is 301 g/mol. The highest BCUT2D eigenvalue weighted by atomic mass is 16.3. The topological polar surface area (TPSA) is 54.0 Å². The van der Waals surface area contributed by atoms with Gasteiger partial charge < -0.3 is 4.42 Å². The summed E-state index contributed by atoms with van der Waals surface area (Å²) in [5.74, 6) is 1.38. The molecule has 3 heteroatoms. The summed E-state index contributed by atoms with van der Waals surface area (Å²) in [6.07, 6.45) is 0.583. The smallest absolute Gasteiger partial charge is 0.159 e. The summed E-state index contributed by atoms with van der Waals surface area (Å²) in [5, 5.41) is 9.31. The Labute approximate surface area is 134 Å². The van der Waals surface area contributed by atoms with E-state index in [2.05, 4.69) is 6.07 Å². The lowest BCUT2D eigenvalue weighted by molar-refractivity contribution is 0.101. The van der Waals surface area contributed by atoms with Gasteiger partial charge in [0.05, 0.1) is 5.56 Å². The van der Waals surface area contributed by atoms with Crippen molar-refractivity contribution in [2.45, 2.75) is 13.3 Å². The maximum absolute atomic E-state index is 11.3. The molecule has 1 heterocycles. The van der Waals surface area contributed by atoms with Crippen molar-refractivity contribution < 1.29 is 9.21 Å². The van der Waals surface area contributed by atoms with E-state index in [1.807, 2.05) is 54.6 Å². The lowest BCUT2D eigenvalue weighted by atomic mass is 10.1. The summed E-state index contributed by atoms with van der Waals surface area (Å²) in [6, 6.07) is 21.0. The zero-order valence-corrected chi connectivity index (χ0v) is 12.7. The van der Waals surface area contributed by atoms with E-state index in [4.69, 9.17) is 4.42 Å². The highest BCUT2D eigenvalue weighted by Gasteiger charge is 2.13. The zero-order valence-electron chi connectivity index (χ0n) is 12.7. The summed E-state index contributed by atoms with van der Waals surface area (Å²) in [6.45, 7) is 1.55. The Morgan fingerprint density at radius 1 is 1.09 bits per heavy atom. The molecular formula is C20H15NO2. The van der Waals surface area contributed by atoms with Crippen LogP contribution in [-0.4, -0.2) is 5.78 Å². The van der Waals surface area contributed by atoms with Crippen LogP contribution in [0.3, 0.4) is 0 Å². The fourth-order valence-corrected chi connectivity index (χ4v) is 2.47. The van der Waals surface area contributed by atoms with Crippen LogP contribution < -0.4 is 0 Å². The van der Waals surface area contributed by atoms with Gasteiger partial charge in [0, 0.05) is 17.5 Å². The second kappa shape index (κ2) is 6.33. The first-order chi connectivity index (χ1) is 11.2. The number of furan rings is 1. The van der Waals surface area contributed by atoms with E-state index in [-0.39, 0.29) is 5.78 Å². The van der Waals surface area contributed by atoms with Crippen molar-refractivity contribution in [3.05, 3.63) is 83.1 Å². The molecule has 0 unspecified atom stereocenters. The van der Waals surface area contributed by atoms with Gasteiger partial charge in [-0.2, -0.15) is 5.26 Å². The van der Waals surface area contributed by atoms with Crippen molar-refractivity contribution in [1.29, 1.82) is 5.26 Å². The Balaban J connectivity index is 1.88. The molecule has 3 nitrogen and oxygen atoms in total. The summed E-state index contributed by atoms with van der Waals surface area (Å²) in [5.41, 5.74) is 3.15. The number of rotatable bonds is 4. The molecule has 1 aromatic heterocycles. The van der Waals surface area contributed by atoms with Gasteiger partial charge in [-0.3, -0.25) is 4.79 Å². The Morgan fingerprint density at radius 3 is 2.39 bits per heavy atom. The molecule has 0 aliphatic heterocycles.